The molecule has 1 aliphatic rings. The van der Waals surface area contributed by atoms with Gasteiger partial charge >= 0.3 is 6.09 Å². The number of hydrogen-bond acceptors (Lipinski definition) is 5. The molecule has 0 saturated heterocycles. The van der Waals surface area contributed by atoms with E-state index in [0.717, 1.165) is 30.4 Å². The van der Waals surface area contributed by atoms with Crippen LogP contribution in [0, 0.1) is 0 Å². The summed E-state index contributed by atoms with van der Waals surface area (Å²) in [5, 5.41) is 4.52. The molecule has 1 aliphatic carbocycles. The molecule has 0 atom stereocenters. The quantitative estimate of drug-likeness (QED) is 0.850. The van der Waals surface area contributed by atoms with Crippen molar-refractivity contribution < 1.29 is 9.53 Å². The molecule has 2 heterocycles. The van der Waals surface area contributed by atoms with Gasteiger partial charge in [0.25, 0.3) is 0 Å². The van der Waals surface area contributed by atoms with Gasteiger partial charge in [-0.25, -0.2) is 19.7 Å². The molecule has 2 aromatic rings. The highest BCUT2D eigenvalue weighted by atomic mass is 16.6. The van der Waals surface area contributed by atoms with Gasteiger partial charge in [-0.05, 0) is 57.7 Å². The number of anilines is 1. The zero-order valence-electron chi connectivity index (χ0n) is 13.6. The normalized spacial score (nSPS) is 14.7. The molecule has 7 heteroatoms. The zero-order chi connectivity index (χ0) is 16.4. The minimum atomic E-state index is -0.554. The average molecular weight is 315 g/mol. The highest BCUT2D eigenvalue weighted by Gasteiger charge is 2.17. The molecular formula is C16H21N5O2. The maximum Gasteiger partial charge on any atom is 0.426 e. The molecule has 23 heavy (non-hydrogen) atoms. The van der Waals surface area contributed by atoms with Gasteiger partial charge in [0.05, 0.1) is 0 Å². The lowest BCUT2D eigenvalue weighted by Gasteiger charge is -2.20. The number of nitrogens with one attached hydrogen (secondary N) is 2. The minimum absolute atomic E-state index is 0.540. The molecule has 0 aromatic carbocycles. The number of rotatable bonds is 3. The van der Waals surface area contributed by atoms with Crippen molar-refractivity contribution >= 4 is 23.0 Å². The van der Waals surface area contributed by atoms with Crippen LogP contribution in [-0.2, 0) is 4.74 Å². The van der Waals surface area contributed by atoms with Crippen LogP contribution in [0.15, 0.2) is 24.4 Å². The lowest BCUT2D eigenvalue weighted by molar-refractivity contribution is 0.0541. The second-order valence-electron chi connectivity index (χ2n) is 6.50. The molecule has 0 saturated carbocycles. The summed E-state index contributed by atoms with van der Waals surface area (Å²) in [7, 11) is 0. The fraction of sp³-hybridized carbons (Fsp3) is 0.438. The second kappa shape index (κ2) is 5.91. The molecule has 2 aromatic heterocycles. The molecule has 122 valence electrons. The highest BCUT2D eigenvalue weighted by molar-refractivity contribution is 5.75. The lowest BCUT2D eigenvalue weighted by atomic mass is 10.2. The Morgan fingerprint density at radius 1 is 1.39 bits per heavy atom. The molecule has 7 nitrogen and oxygen atoms in total. The Bertz CT molecular complexity index is 757. The number of nitrogens with zero attached hydrogens (tertiary/aromatic N) is 3. The maximum absolute atomic E-state index is 11.8. The summed E-state index contributed by atoms with van der Waals surface area (Å²) in [6.45, 7) is 5.44. The van der Waals surface area contributed by atoms with Crippen molar-refractivity contribution in [1.82, 2.24) is 20.0 Å². The summed E-state index contributed by atoms with van der Waals surface area (Å²) in [5.74, 6) is 1.22. The average Bonchev–Trinajstić information content (AvgIpc) is 3.13. The van der Waals surface area contributed by atoms with Crippen LogP contribution in [0.3, 0.4) is 0 Å². The van der Waals surface area contributed by atoms with Crippen molar-refractivity contribution in [1.29, 1.82) is 0 Å². The molecule has 0 radical (unpaired) electrons. The van der Waals surface area contributed by atoms with E-state index in [4.69, 9.17) is 4.74 Å². The Morgan fingerprint density at radius 2 is 2.22 bits per heavy atom. The number of carbonyl (C=O) groups is 1. The van der Waals surface area contributed by atoms with Gasteiger partial charge < -0.3 is 4.74 Å². The number of fused-ring (bicyclic) bond motifs is 1. The van der Waals surface area contributed by atoms with Crippen LogP contribution in [0.1, 0.15) is 45.9 Å². The number of hydrogen-bond donors (Lipinski definition) is 2. The van der Waals surface area contributed by atoms with E-state index in [9.17, 15) is 4.79 Å². The molecule has 1 amide bonds. The van der Waals surface area contributed by atoms with E-state index < -0.39 is 11.7 Å². The van der Waals surface area contributed by atoms with Crippen molar-refractivity contribution in [2.45, 2.75) is 45.6 Å². The molecule has 0 unspecified atom stereocenters. The number of amides is 1. The Labute approximate surface area is 134 Å². The monoisotopic (exact) mass is 315 g/mol. The van der Waals surface area contributed by atoms with Gasteiger partial charge in [-0.2, -0.15) is 0 Å². The first kappa shape index (κ1) is 15.3. The van der Waals surface area contributed by atoms with Gasteiger partial charge in [-0.3, -0.25) is 5.43 Å². The van der Waals surface area contributed by atoms with Crippen LogP contribution in [-0.4, -0.2) is 26.3 Å². The van der Waals surface area contributed by atoms with Gasteiger partial charge in [0.1, 0.15) is 11.1 Å². The van der Waals surface area contributed by atoms with Crippen molar-refractivity contribution in [2.24, 2.45) is 0 Å². The fourth-order valence-corrected chi connectivity index (χ4v) is 2.45. The van der Waals surface area contributed by atoms with Crippen LogP contribution >= 0.6 is 0 Å². The molecule has 2 N–H and O–H groups in total. The first-order valence-electron chi connectivity index (χ1n) is 7.72. The van der Waals surface area contributed by atoms with Crippen molar-refractivity contribution in [2.75, 3.05) is 5.43 Å². The Hall–Kier alpha value is -2.57. The first-order valence-corrected chi connectivity index (χ1v) is 7.72. The van der Waals surface area contributed by atoms with E-state index in [1.165, 1.54) is 0 Å². The van der Waals surface area contributed by atoms with E-state index in [1.807, 2.05) is 39.1 Å². The van der Waals surface area contributed by atoms with Crippen molar-refractivity contribution in [3.8, 4) is 0 Å². The summed E-state index contributed by atoms with van der Waals surface area (Å²) < 4.78 is 6.96. The van der Waals surface area contributed by atoms with E-state index in [2.05, 4.69) is 27.0 Å². The third-order valence-corrected chi connectivity index (χ3v) is 3.40. The third kappa shape index (κ3) is 3.61. The second-order valence-corrected chi connectivity index (χ2v) is 6.50. The lowest BCUT2D eigenvalue weighted by Crippen LogP contribution is -2.36. The van der Waals surface area contributed by atoms with Crippen LogP contribution in [0.25, 0.3) is 11.1 Å². The number of hydrazine groups is 1. The van der Waals surface area contributed by atoms with Gasteiger partial charge in [0.2, 0.25) is 0 Å². The SMILES string of the molecule is CC(C)(C)OC(=O)NNc1nc(C2=CCCC2)nn2cccc12. The summed E-state index contributed by atoms with van der Waals surface area (Å²) in [5.41, 5.74) is 6.72. The van der Waals surface area contributed by atoms with Crippen molar-refractivity contribution in [3.63, 3.8) is 0 Å². The van der Waals surface area contributed by atoms with E-state index in [0.29, 0.717) is 11.6 Å². The molecule has 0 bridgehead atoms. The minimum Gasteiger partial charge on any atom is -0.443 e. The standard InChI is InChI=1S/C16H21N5O2/c1-16(2,3)23-15(22)19-18-14-12-9-6-10-21(12)20-13(17-14)11-7-4-5-8-11/h6-7,9-10H,4-5,8H2,1-3H3,(H,19,22)(H,17,18,20). The Balaban J connectivity index is 1.82. The fourth-order valence-electron chi connectivity index (χ4n) is 2.45. The summed E-state index contributed by atoms with van der Waals surface area (Å²) in [6, 6.07) is 3.77. The van der Waals surface area contributed by atoms with Gasteiger partial charge in [0, 0.05) is 6.20 Å². The topological polar surface area (TPSA) is 80.5 Å². The van der Waals surface area contributed by atoms with E-state index in [-0.39, 0.29) is 0 Å². The molecule has 0 fully saturated rings. The van der Waals surface area contributed by atoms with Crippen LogP contribution < -0.4 is 10.9 Å². The highest BCUT2D eigenvalue weighted by Crippen LogP contribution is 2.26. The molecule has 0 spiro atoms. The predicted octanol–water partition coefficient (Wildman–Crippen LogP) is 3.15. The first-order chi connectivity index (χ1) is 10.9. The largest absolute Gasteiger partial charge is 0.443 e. The number of carbonyl (C=O) groups excluding carboxylic acids is 1. The van der Waals surface area contributed by atoms with Crippen LogP contribution in [0.2, 0.25) is 0 Å². The summed E-state index contributed by atoms with van der Waals surface area (Å²) in [6.07, 6.45) is 6.63. The van der Waals surface area contributed by atoms with Gasteiger partial charge in [0.15, 0.2) is 11.6 Å². The molecule has 0 aliphatic heterocycles. The van der Waals surface area contributed by atoms with Crippen LogP contribution in [0.5, 0.6) is 0 Å². The Morgan fingerprint density at radius 3 is 2.91 bits per heavy atom. The zero-order valence-corrected chi connectivity index (χ0v) is 13.6. The smallest absolute Gasteiger partial charge is 0.426 e. The van der Waals surface area contributed by atoms with Gasteiger partial charge in [-0.1, -0.05) is 6.08 Å². The maximum atomic E-state index is 11.8. The third-order valence-electron chi connectivity index (χ3n) is 3.40. The van der Waals surface area contributed by atoms with Crippen molar-refractivity contribution in [3.05, 3.63) is 30.2 Å². The van der Waals surface area contributed by atoms with E-state index >= 15 is 0 Å². The summed E-state index contributed by atoms with van der Waals surface area (Å²) >= 11 is 0. The molecular weight excluding hydrogens is 294 g/mol. The number of allylic oxidation sites excluding steroid dienone is 2. The van der Waals surface area contributed by atoms with E-state index in [1.54, 1.807) is 4.52 Å². The van der Waals surface area contributed by atoms with Gasteiger partial charge in [-0.15, -0.1) is 5.10 Å². The molecule has 3 rings (SSSR count). The summed E-state index contributed by atoms with van der Waals surface area (Å²) in [4.78, 5) is 16.3. The Kier molecular flexibility index (Phi) is 3.94. The number of aromatic nitrogens is 3. The predicted molar refractivity (Wildman–Crippen MR) is 87.8 cm³/mol. The van der Waals surface area contributed by atoms with Crippen LogP contribution in [0.4, 0.5) is 10.6 Å². The number of ether oxygens (including phenoxy) is 1.